The van der Waals surface area contributed by atoms with Gasteiger partial charge in [0.05, 0.1) is 0 Å². The fourth-order valence-electron chi connectivity index (χ4n) is 1.66. The molecular weight excluding hydrogens is 254 g/mol. The number of hydrogen-bond acceptors (Lipinski definition) is 3. The van der Waals surface area contributed by atoms with Crippen LogP contribution in [0.2, 0.25) is 0 Å². The highest BCUT2D eigenvalue weighted by molar-refractivity contribution is 7.99. The van der Waals surface area contributed by atoms with Gasteiger partial charge in [0.1, 0.15) is 5.75 Å². The molecule has 0 aromatic heterocycles. The first-order valence-electron chi connectivity index (χ1n) is 6.51. The average Bonchev–Trinajstić information content (AvgIpc) is 2.43. The third-order valence-corrected chi connectivity index (χ3v) is 3.97. The van der Waals surface area contributed by atoms with Crippen LogP contribution >= 0.6 is 11.8 Å². The molecule has 0 saturated carbocycles. The normalized spacial score (nSPS) is 12.1. The molecule has 2 nitrogen and oxygen atoms in total. The highest BCUT2D eigenvalue weighted by Crippen LogP contribution is 2.29. The fourth-order valence-corrected chi connectivity index (χ4v) is 2.47. The molecule has 3 heteroatoms. The maximum Gasteiger partial charge on any atom is 0.115 e. The van der Waals surface area contributed by atoms with Gasteiger partial charge in [-0.1, -0.05) is 18.7 Å². The van der Waals surface area contributed by atoms with Crippen molar-refractivity contribution in [2.24, 2.45) is 0 Å². The fraction of sp³-hybridized carbons (Fsp3) is 0.250. The minimum atomic E-state index is 0.303. The van der Waals surface area contributed by atoms with Crippen molar-refractivity contribution in [1.29, 1.82) is 0 Å². The molecule has 2 N–H and O–H groups in total. The van der Waals surface area contributed by atoms with Gasteiger partial charge in [-0.15, -0.1) is 0 Å². The van der Waals surface area contributed by atoms with Crippen molar-refractivity contribution < 1.29 is 5.11 Å². The largest absolute Gasteiger partial charge is 0.508 e. The van der Waals surface area contributed by atoms with E-state index >= 15 is 0 Å². The minimum Gasteiger partial charge on any atom is -0.508 e. The van der Waals surface area contributed by atoms with E-state index in [4.69, 9.17) is 0 Å². The average molecular weight is 273 g/mol. The monoisotopic (exact) mass is 273 g/mol. The number of phenolic OH excluding ortho intramolecular Hbond substituents is 1. The van der Waals surface area contributed by atoms with Gasteiger partial charge in [-0.05, 0) is 61.9 Å². The van der Waals surface area contributed by atoms with Crippen LogP contribution in [0, 0.1) is 0 Å². The van der Waals surface area contributed by atoms with E-state index in [0.717, 1.165) is 17.0 Å². The Morgan fingerprint density at radius 1 is 1.00 bits per heavy atom. The summed E-state index contributed by atoms with van der Waals surface area (Å²) in [6, 6.07) is 16.2. The quantitative estimate of drug-likeness (QED) is 0.824. The summed E-state index contributed by atoms with van der Waals surface area (Å²) in [5.74, 6) is 0.303. The second-order valence-electron chi connectivity index (χ2n) is 4.57. The molecule has 0 saturated heterocycles. The second-order valence-corrected chi connectivity index (χ2v) is 5.72. The summed E-state index contributed by atoms with van der Waals surface area (Å²) in [6.07, 6.45) is 1.12. The third kappa shape index (κ3) is 4.21. The van der Waals surface area contributed by atoms with E-state index in [2.05, 4.69) is 43.4 Å². The van der Waals surface area contributed by atoms with Crippen molar-refractivity contribution in [1.82, 2.24) is 0 Å². The van der Waals surface area contributed by atoms with Gasteiger partial charge in [0.25, 0.3) is 0 Å². The van der Waals surface area contributed by atoms with E-state index in [9.17, 15) is 5.11 Å². The molecule has 2 rings (SSSR count). The molecule has 2 aromatic rings. The summed E-state index contributed by atoms with van der Waals surface area (Å²) in [5, 5.41) is 12.7. The summed E-state index contributed by atoms with van der Waals surface area (Å²) in [7, 11) is 0. The molecule has 1 atom stereocenters. The number of nitrogens with one attached hydrogen (secondary N) is 1. The Labute approximate surface area is 118 Å². The Morgan fingerprint density at radius 2 is 1.53 bits per heavy atom. The van der Waals surface area contributed by atoms with Crippen molar-refractivity contribution in [3.8, 4) is 5.75 Å². The number of phenols is 1. The van der Waals surface area contributed by atoms with Crippen LogP contribution in [0.5, 0.6) is 5.75 Å². The molecule has 100 valence electrons. The van der Waals surface area contributed by atoms with E-state index < -0.39 is 0 Å². The van der Waals surface area contributed by atoms with Crippen molar-refractivity contribution in [2.75, 3.05) is 5.32 Å². The van der Waals surface area contributed by atoms with E-state index in [1.165, 1.54) is 4.90 Å². The van der Waals surface area contributed by atoms with Crippen LogP contribution in [0.1, 0.15) is 20.3 Å². The third-order valence-electron chi connectivity index (χ3n) is 2.95. The molecule has 2 aromatic carbocycles. The molecule has 1 unspecified atom stereocenters. The summed E-state index contributed by atoms with van der Waals surface area (Å²) >= 11 is 1.69. The molecule has 0 aliphatic carbocycles. The molecule has 0 aliphatic heterocycles. The van der Waals surface area contributed by atoms with E-state index in [0.29, 0.717) is 11.8 Å². The Balaban J connectivity index is 2.00. The lowest BCUT2D eigenvalue weighted by atomic mass is 10.2. The Bertz CT molecular complexity index is 507. The van der Waals surface area contributed by atoms with Gasteiger partial charge in [-0.25, -0.2) is 0 Å². The van der Waals surface area contributed by atoms with Crippen LogP contribution in [-0.4, -0.2) is 11.1 Å². The Hall–Kier alpha value is -1.61. The van der Waals surface area contributed by atoms with Crippen LogP contribution in [0.4, 0.5) is 5.69 Å². The van der Waals surface area contributed by atoms with E-state index in [1.807, 2.05) is 12.1 Å². The summed E-state index contributed by atoms with van der Waals surface area (Å²) < 4.78 is 0. The van der Waals surface area contributed by atoms with Crippen LogP contribution in [0.3, 0.4) is 0 Å². The van der Waals surface area contributed by atoms with E-state index in [1.54, 1.807) is 23.9 Å². The molecule has 0 spiro atoms. The SMILES string of the molecule is CCC(C)Nc1ccc(Sc2ccc(O)cc2)cc1. The highest BCUT2D eigenvalue weighted by Gasteiger charge is 2.00. The second kappa shape index (κ2) is 6.53. The first-order chi connectivity index (χ1) is 9.17. The summed E-state index contributed by atoms with van der Waals surface area (Å²) in [6.45, 7) is 4.35. The maximum absolute atomic E-state index is 9.25. The zero-order valence-electron chi connectivity index (χ0n) is 11.3. The highest BCUT2D eigenvalue weighted by atomic mass is 32.2. The van der Waals surface area contributed by atoms with Crippen LogP contribution < -0.4 is 5.32 Å². The summed E-state index contributed by atoms with van der Waals surface area (Å²) in [5.41, 5.74) is 1.16. The van der Waals surface area contributed by atoms with Crippen LogP contribution in [-0.2, 0) is 0 Å². The molecule has 0 amide bonds. The zero-order valence-corrected chi connectivity index (χ0v) is 12.1. The number of aromatic hydroxyl groups is 1. The first kappa shape index (κ1) is 13.8. The molecule has 0 bridgehead atoms. The van der Waals surface area contributed by atoms with Crippen molar-refractivity contribution in [3.05, 3.63) is 48.5 Å². The number of benzene rings is 2. The van der Waals surface area contributed by atoms with Gasteiger partial charge in [0.2, 0.25) is 0 Å². The van der Waals surface area contributed by atoms with Gasteiger partial charge in [-0.3, -0.25) is 0 Å². The van der Waals surface area contributed by atoms with Crippen molar-refractivity contribution in [3.63, 3.8) is 0 Å². The molecular formula is C16H19NOS. The zero-order chi connectivity index (χ0) is 13.7. The standard InChI is InChI=1S/C16H19NOS/c1-3-12(2)17-13-4-8-15(9-5-13)19-16-10-6-14(18)7-11-16/h4-12,17-18H,3H2,1-2H3. The first-order valence-corrected chi connectivity index (χ1v) is 7.32. The van der Waals surface area contributed by atoms with Gasteiger partial charge in [0.15, 0.2) is 0 Å². The van der Waals surface area contributed by atoms with Gasteiger partial charge in [0, 0.05) is 21.5 Å². The maximum atomic E-state index is 9.25. The lowest BCUT2D eigenvalue weighted by molar-refractivity contribution is 0.475. The van der Waals surface area contributed by atoms with Gasteiger partial charge >= 0.3 is 0 Å². The number of rotatable bonds is 5. The van der Waals surface area contributed by atoms with Crippen molar-refractivity contribution in [2.45, 2.75) is 36.1 Å². The lowest BCUT2D eigenvalue weighted by Gasteiger charge is -2.13. The van der Waals surface area contributed by atoms with Gasteiger partial charge in [-0.2, -0.15) is 0 Å². The van der Waals surface area contributed by atoms with Gasteiger partial charge < -0.3 is 10.4 Å². The lowest BCUT2D eigenvalue weighted by Crippen LogP contribution is -2.12. The predicted molar refractivity (Wildman–Crippen MR) is 82.0 cm³/mol. The van der Waals surface area contributed by atoms with Crippen LogP contribution in [0.15, 0.2) is 58.3 Å². The molecule has 0 heterocycles. The molecule has 19 heavy (non-hydrogen) atoms. The van der Waals surface area contributed by atoms with Crippen molar-refractivity contribution >= 4 is 17.4 Å². The van der Waals surface area contributed by atoms with Crippen LogP contribution in [0.25, 0.3) is 0 Å². The molecule has 0 radical (unpaired) electrons. The Kier molecular flexibility index (Phi) is 4.74. The molecule has 0 fully saturated rings. The topological polar surface area (TPSA) is 32.3 Å². The smallest absolute Gasteiger partial charge is 0.115 e. The predicted octanol–water partition coefficient (Wildman–Crippen LogP) is 4.75. The minimum absolute atomic E-state index is 0.303. The summed E-state index contributed by atoms with van der Waals surface area (Å²) in [4.78, 5) is 2.32. The molecule has 0 aliphatic rings. The van der Waals surface area contributed by atoms with E-state index in [-0.39, 0.29) is 0 Å². The number of anilines is 1. The Morgan fingerprint density at radius 3 is 2.05 bits per heavy atom. The number of hydrogen-bond donors (Lipinski definition) is 2.